The number of carbonyl (C=O) groups excluding carboxylic acids is 3. The number of ether oxygens (including phenoxy) is 4. The molecule has 0 aliphatic heterocycles. The molecule has 0 aromatic heterocycles. The maximum Gasteiger partial charge on any atom is 0.329 e. The number of rotatable bonds is 12. The van der Waals surface area contributed by atoms with Gasteiger partial charge in [-0.25, -0.2) is 5.43 Å². The van der Waals surface area contributed by atoms with Crippen LogP contribution in [0.2, 0.25) is 0 Å². The van der Waals surface area contributed by atoms with E-state index in [2.05, 4.69) is 37.1 Å². The number of nitrogens with one attached hydrogen (secondary N) is 3. The number of amides is 3. The van der Waals surface area contributed by atoms with Gasteiger partial charge in [0.25, 0.3) is 5.91 Å². The summed E-state index contributed by atoms with van der Waals surface area (Å²) in [5.41, 5.74) is 4.33. The molecule has 3 amide bonds. The fourth-order valence-corrected chi connectivity index (χ4v) is 4.52. The van der Waals surface area contributed by atoms with E-state index in [1.54, 1.807) is 50.6 Å². The Balaban J connectivity index is 1.49. The molecule has 0 bridgehead atoms. The minimum absolute atomic E-state index is 0.229. The summed E-state index contributed by atoms with van der Waals surface area (Å²) in [4.78, 5) is 36.6. The van der Waals surface area contributed by atoms with E-state index in [0.717, 1.165) is 10.0 Å². The van der Waals surface area contributed by atoms with Crippen molar-refractivity contribution >= 4 is 68.1 Å². The van der Waals surface area contributed by atoms with Crippen molar-refractivity contribution in [3.8, 4) is 23.0 Å². The molecule has 3 N–H and O–H groups in total. The van der Waals surface area contributed by atoms with Gasteiger partial charge >= 0.3 is 11.8 Å². The monoisotopic (exact) mass is 738 g/mol. The van der Waals surface area contributed by atoms with Gasteiger partial charge < -0.3 is 29.6 Å². The average molecular weight is 739 g/mol. The lowest BCUT2D eigenvalue weighted by molar-refractivity contribution is -0.139. The molecule has 3 aromatic rings. The summed E-state index contributed by atoms with van der Waals surface area (Å²) < 4.78 is 23.2. The fourth-order valence-electron chi connectivity index (χ4n) is 3.48. The van der Waals surface area contributed by atoms with Gasteiger partial charge in [-0.2, -0.15) is 5.10 Å². The highest BCUT2D eigenvalue weighted by atomic mass is 127. The van der Waals surface area contributed by atoms with Gasteiger partial charge in [0.2, 0.25) is 0 Å². The van der Waals surface area contributed by atoms with Gasteiger partial charge in [-0.3, -0.25) is 14.4 Å². The van der Waals surface area contributed by atoms with Gasteiger partial charge in [-0.1, -0.05) is 22.0 Å². The summed E-state index contributed by atoms with van der Waals surface area (Å²) in [7, 11) is 4.56. The van der Waals surface area contributed by atoms with E-state index in [4.69, 9.17) is 18.9 Å². The topological polar surface area (TPSA) is 137 Å². The summed E-state index contributed by atoms with van der Waals surface area (Å²) in [6.45, 7) is 0.0104. The third-order valence-electron chi connectivity index (χ3n) is 5.46. The summed E-state index contributed by atoms with van der Waals surface area (Å²) in [5, 5.41) is 9.17. The Morgan fingerprint density at radius 3 is 2.29 bits per heavy atom. The number of nitrogens with zero attached hydrogens (tertiary/aromatic N) is 1. The molecule has 0 aliphatic rings. The first-order valence-corrected chi connectivity index (χ1v) is 14.0. The number of carbonyl (C=O) groups is 3. The number of hydrogen-bond acceptors (Lipinski definition) is 8. The van der Waals surface area contributed by atoms with Crippen molar-refractivity contribution in [1.82, 2.24) is 10.7 Å². The van der Waals surface area contributed by atoms with Crippen LogP contribution >= 0.6 is 38.5 Å². The smallest absolute Gasteiger partial charge is 0.329 e. The first-order chi connectivity index (χ1) is 19.7. The van der Waals surface area contributed by atoms with E-state index in [1.807, 2.05) is 40.8 Å². The maximum absolute atomic E-state index is 12.3. The van der Waals surface area contributed by atoms with E-state index in [9.17, 15) is 14.4 Å². The number of benzene rings is 3. The lowest BCUT2D eigenvalue weighted by Gasteiger charge is -2.13. The van der Waals surface area contributed by atoms with Crippen molar-refractivity contribution in [3.63, 3.8) is 0 Å². The molecule has 3 aromatic carbocycles. The summed E-state index contributed by atoms with van der Waals surface area (Å²) in [5.74, 6) is -0.126. The third kappa shape index (κ3) is 9.63. The van der Waals surface area contributed by atoms with Gasteiger partial charge in [0, 0.05) is 16.7 Å². The number of methoxy groups -OCH3 is 3. The standard InChI is InChI=1S/C28H28BrIN4O7/c1-38-22-9-4-17(13-23(22)39-2)10-11-31-27(36)28(37)34-32-15-18-12-21(30)26(24(14-18)40-3)41-16-25(35)33-20-7-5-19(29)6-8-20/h4-9,12-15H,10-11,16H2,1-3H3,(H,31,36)(H,33,35)(H,34,37)/b32-15-. The van der Waals surface area contributed by atoms with Crippen molar-refractivity contribution in [2.24, 2.45) is 5.10 Å². The normalized spacial score (nSPS) is 10.6. The highest BCUT2D eigenvalue weighted by Gasteiger charge is 2.15. The Morgan fingerprint density at radius 1 is 0.902 bits per heavy atom. The number of halogens is 2. The maximum atomic E-state index is 12.3. The predicted molar refractivity (Wildman–Crippen MR) is 166 cm³/mol. The van der Waals surface area contributed by atoms with Crippen LogP contribution in [-0.2, 0) is 20.8 Å². The lowest BCUT2D eigenvalue weighted by atomic mass is 10.1. The molecule has 0 atom stereocenters. The minimum Gasteiger partial charge on any atom is -0.493 e. The second-order valence-corrected chi connectivity index (χ2v) is 10.4. The van der Waals surface area contributed by atoms with Crippen LogP contribution in [0.3, 0.4) is 0 Å². The van der Waals surface area contributed by atoms with Crippen LogP contribution in [-0.4, -0.2) is 58.4 Å². The molecule has 0 spiro atoms. The second kappa shape index (κ2) is 15.8. The Labute approximate surface area is 259 Å². The van der Waals surface area contributed by atoms with Crippen molar-refractivity contribution in [1.29, 1.82) is 0 Å². The number of anilines is 1. The number of hydrazone groups is 1. The highest BCUT2D eigenvalue weighted by Crippen LogP contribution is 2.33. The van der Waals surface area contributed by atoms with Crippen LogP contribution in [0.1, 0.15) is 11.1 Å². The van der Waals surface area contributed by atoms with Gasteiger partial charge in [0.1, 0.15) is 0 Å². The number of hydrogen-bond donors (Lipinski definition) is 3. The van der Waals surface area contributed by atoms with Crippen molar-refractivity contribution in [3.05, 3.63) is 73.8 Å². The summed E-state index contributed by atoms with van der Waals surface area (Å²) in [6.07, 6.45) is 1.85. The largest absolute Gasteiger partial charge is 0.493 e. The zero-order valence-electron chi connectivity index (χ0n) is 22.5. The van der Waals surface area contributed by atoms with Gasteiger partial charge in [0.05, 0.1) is 31.1 Å². The first-order valence-electron chi connectivity index (χ1n) is 12.1. The molecule has 0 heterocycles. The molecule has 0 saturated heterocycles. The molecular formula is C28H28BrIN4O7. The minimum atomic E-state index is -0.910. The third-order valence-corrected chi connectivity index (χ3v) is 6.79. The molecule has 3 rings (SSSR count). The van der Waals surface area contributed by atoms with Gasteiger partial charge in [-0.05, 0) is 88.7 Å². The van der Waals surface area contributed by atoms with E-state index in [0.29, 0.717) is 44.2 Å². The van der Waals surface area contributed by atoms with E-state index < -0.39 is 11.8 Å². The molecule has 11 nitrogen and oxygen atoms in total. The highest BCUT2D eigenvalue weighted by molar-refractivity contribution is 14.1. The molecule has 0 radical (unpaired) electrons. The van der Waals surface area contributed by atoms with Crippen LogP contribution < -0.4 is 35.0 Å². The molecule has 216 valence electrons. The summed E-state index contributed by atoms with van der Waals surface area (Å²) >= 11 is 5.39. The van der Waals surface area contributed by atoms with Crippen LogP contribution in [0, 0.1) is 3.57 Å². The van der Waals surface area contributed by atoms with E-state index in [1.165, 1.54) is 13.3 Å². The van der Waals surface area contributed by atoms with Crippen molar-refractivity contribution in [2.75, 3.05) is 39.8 Å². The van der Waals surface area contributed by atoms with Crippen LogP contribution in [0.15, 0.2) is 64.2 Å². The fraction of sp³-hybridized carbons (Fsp3) is 0.214. The first kappa shape index (κ1) is 31.7. The lowest BCUT2D eigenvalue weighted by Crippen LogP contribution is -2.38. The molecule has 0 aliphatic carbocycles. The Hall–Kier alpha value is -3.85. The van der Waals surface area contributed by atoms with Crippen LogP contribution in [0.5, 0.6) is 23.0 Å². The summed E-state index contributed by atoms with van der Waals surface area (Å²) in [6, 6.07) is 16.0. The van der Waals surface area contributed by atoms with Gasteiger partial charge in [0.15, 0.2) is 29.6 Å². The van der Waals surface area contributed by atoms with E-state index >= 15 is 0 Å². The second-order valence-electron chi connectivity index (χ2n) is 8.27. The quantitative estimate of drug-likeness (QED) is 0.111. The Kier molecular flexibility index (Phi) is 12.2. The molecule has 13 heteroatoms. The van der Waals surface area contributed by atoms with Crippen LogP contribution in [0.4, 0.5) is 5.69 Å². The van der Waals surface area contributed by atoms with Gasteiger partial charge in [-0.15, -0.1) is 0 Å². The molecule has 0 saturated carbocycles. The Bertz CT molecular complexity index is 1420. The molecular weight excluding hydrogens is 711 g/mol. The van der Waals surface area contributed by atoms with E-state index in [-0.39, 0.29) is 19.1 Å². The van der Waals surface area contributed by atoms with Crippen molar-refractivity contribution in [2.45, 2.75) is 6.42 Å². The zero-order chi connectivity index (χ0) is 29.8. The van der Waals surface area contributed by atoms with Crippen LogP contribution in [0.25, 0.3) is 0 Å². The Morgan fingerprint density at radius 2 is 1.61 bits per heavy atom. The SMILES string of the molecule is COc1ccc(CCNC(=O)C(=O)N/N=C\c2cc(I)c(OCC(=O)Nc3ccc(Br)cc3)c(OC)c2)cc1OC. The van der Waals surface area contributed by atoms with Crippen molar-refractivity contribution < 1.29 is 33.3 Å². The average Bonchev–Trinajstić information content (AvgIpc) is 2.97. The zero-order valence-corrected chi connectivity index (χ0v) is 26.2. The molecule has 41 heavy (non-hydrogen) atoms. The molecule has 0 fully saturated rings. The predicted octanol–water partition coefficient (Wildman–Crippen LogP) is 3.91. The molecule has 0 unspecified atom stereocenters.